The highest BCUT2D eigenvalue weighted by atomic mass is 35.5. The number of benzene rings is 1. The van der Waals surface area contributed by atoms with Crippen molar-refractivity contribution in [2.24, 2.45) is 5.84 Å². The maximum absolute atomic E-state index is 11.0. The molecule has 0 heterocycles. The molecule has 0 radical (unpaired) electrons. The van der Waals surface area contributed by atoms with Crippen LogP contribution in [0.15, 0.2) is 18.2 Å². The average molecular weight is 242 g/mol. The molecule has 0 bridgehead atoms. The van der Waals surface area contributed by atoms with Gasteiger partial charge in [0.05, 0.1) is 15.6 Å². The van der Waals surface area contributed by atoms with Crippen molar-refractivity contribution in [3.63, 3.8) is 0 Å². The van der Waals surface area contributed by atoms with E-state index in [0.29, 0.717) is 5.02 Å². The highest BCUT2D eigenvalue weighted by molar-refractivity contribution is 6.43. The van der Waals surface area contributed by atoms with Gasteiger partial charge < -0.3 is 0 Å². The van der Waals surface area contributed by atoms with E-state index in [1.165, 1.54) is 6.07 Å². The Morgan fingerprint density at radius 3 is 2.54 bits per heavy atom. The number of halogens is 3. The smallest absolute Gasteiger partial charge is 0.266 e. The van der Waals surface area contributed by atoms with E-state index in [1.54, 1.807) is 12.1 Å². The summed E-state index contributed by atoms with van der Waals surface area (Å²) in [6.07, 6.45) is 0. The Kier molecular flexibility index (Phi) is 5.10. The summed E-state index contributed by atoms with van der Waals surface area (Å²) >= 11 is 11.4. The third kappa shape index (κ3) is 2.74. The number of hydrogen-bond acceptors (Lipinski definition) is 2. The van der Waals surface area contributed by atoms with Gasteiger partial charge in [0.2, 0.25) is 0 Å². The van der Waals surface area contributed by atoms with Gasteiger partial charge in [0.15, 0.2) is 0 Å². The van der Waals surface area contributed by atoms with E-state index in [4.69, 9.17) is 29.0 Å². The Labute approximate surface area is 91.6 Å². The normalized spacial score (nSPS) is 8.85. The predicted molar refractivity (Wildman–Crippen MR) is 55.4 cm³/mol. The second-order valence-electron chi connectivity index (χ2n) is 2.07. The van der Waals surface area contributed by atoms with Crippen LogP contribution in [0.3, 0.4) is 0 Å². The third-order valence-corrected chi connectivity index (χ3v) is 2.15. The molecule has 0 aromatic heterocycles. The zero-order valence-corrected chi connectivity index (χ0v) is 8.71. The van der Waals surface area contributed by atoms with Gasteiger partial charge in [0, 0.05) is 0 Å². The maximum atomic E-state index is 11.0. The van der Waals surface area contributed by atoms with E-state index < -0.39 is 5.91 Å². The summed E-state index contributed by atoms with van der Waals surface area (Å²) in [6, 6.07) is 4.76. The van der Waals surface area contributed by atoms with Crippen LogP contribution >= 0.6 is 35.6 Å². The van der Waals surface area contributed by atoms with Crippen molar-refractivity contribution in [1.82, 2.24) is 5.43 Å². The number of nitrogens with two attached hydrogens (primary N) is 1. The summed E-state index contributed by atoms with van der Waals surface area (Å²) in [4.78, 5) is 11.0. The molecular weight excluding hydrogens is 234 g/mol. The number of hydrogen-bond donors (Lipinski definition) is 2. The van der Waals surface area contributed by atoms with Crippen LogP contribution in [0.2, 0.25) is 10.0 Å². The molecule has 0 aliphatic carbocycles. The van der Waals surface area contributed by atoms with E-state index in [-0.39, 0.29) is 23.0 Å². The van der Waals surface area contributed by atoms with Crippen molar-refractivity contribution in [1.29, 1.82) is 0 Å². The van der Waals surface area contributed by atoms with Gasteiger partial charge in [-0.1, -0.05) is 29.3 Å². The Morgan fingerprint density at radius 2 is 2.00 bits per heavy atom. The van der Waals surface area contributed by atoms with Crippen molar-refractivity contribution in [2.75, 3.05) is 0 Å². The molecule has 6 heteroatoms. The molecule has 0 saturated carbocycles. The van der Waals surface area contributed by atoms with E-state index in [1.807, 2.05) is 5.43 Å². The minimum Gasteiger partial charge on any atom is -0.290 e. The summed E-state index contributed by atoms with van der Waals surface area (Å²) in [6.45, 7) is 0. The standard InChI is InChI=1S/C7H6Cl2N2O.ClH/c8-5-3-1-2-4(6(5)9)7(12)11-10;/h1-3H,10H2,(H,11,12);1H. The number of hydrazine groups is 1. The molecule has 72 valence electrons. The average Bonchev–Trinajstić information content (AvgIpc) is 2.08. The largest absolute Gasteiger partial charge is 0.290 e. The van der Waals surface area contributed by atoms with Gasteiger partial charge in [-0.15, -0.1) is 12.4 Å². The second kappa shape index (κ2) is 5.29. The van der Waals surface area contributed by atoms with Crippen molar-refractivity contribution >= 4 is 41.5 Å². The minimum absolute atomic E-state index is 0. The SMILES string of the molecule is Cl.NNC(=O)c1cccc(Cl)c1Cl. The molecule has 0 spiro atoms. The lowest BCUT2D eigenvalue weighted by Crippen LogP contribution is -2.30. The lowest BCUT2D eigenvalue weighted by atomic mass is 10.2. The molecule has 0 aliphatic heterocycles. The fourth-order valence-electron chi connectivity index (χ4n) is 0.757. The first-order valence-electron chi connectivity index (χ1n) is 3.11. The van der Waals surface area contributed by atoms with Gasteiger partial charge >= 0.3 is 0 Å². The molecule has 0 saturated heterocycles. The van der Waals surface area contributed by atoms with Crippen molar-refractivity contribution < 1.29 is 4.79 Å². The molecule has 1 aromatic carbocycles. The number of carbonyl (C=O) groups excluding carboxylic acids is 1. The van der Waals surface area contributed by atoms with Crippen LogP contribution in [0.25, 0.3) is 0 Å². The number of carbonyl (C=O) groups is 1. The van der Waals surface area contributed by atoms with Crippen LogP contribution in [0.1, 0.15) is 10.4 Å². The second-order valence-corrected chi connectivity index (χ2v) is 2.86. The Morgan fingerprint density at radius 1 is 1.38 bits per heavy atom. The maximum Gasteiger partial charge on any atom is 0.266 e. The molecule has 3 N–H and O–H groups in total. The van der Waals surface area contributed by atoms with Crippen molar-refractivity contribution in [2.45, 2.75) is 0 Å². The Bertz CT molecular complexity index is 317. The first kappa shape index (κ1) is 12.5. The molecule has 0 aliphatic rings. The first-order valence-corrected chi connectivity index (χ1v) is 3.87. The monoisotopic (exact) mass is 240 g/mol. The minimum atomic E-state index is -0.456. The van der Waals surface area contributed by atoms with Crippen LogP contribution < -0.4 is 11.3 Å². The number of nitrogen functional groups attached to an aromatic ring is 1. The third-order valence-electron chi connectivity index (χ3n) is 1.33. The number of rotatable bonds is 1. The van der Waals surface area contributed by atoms with Crippen LogP contribution in [0, 0.1) is 0 Å². The van der Waals surface area contributed by atoms with Gasteiger partial charge in [0.25, 0.3) is 5.91 Å². The number of amides is 1. The fraction of sp³-hybridized carbons (Fsp3) is 0. The van der Waals surface area contributed by atoms with Crippen LogP contribution in [0.5, 0.6) is 0 Å². The van der Waals surface area contributed by atoms with Crippen molar-refractivity contribution in [3.8, 4) is 0 Å². The van der Waals surface area contributed by atoms with E-state index in [2.05, 4.69) is 0 Å². The van der Waals surface area contributed by atoms with Crippen molar-refractivity contribution in [3.05, 3.63) is 33.8 Å². The summed E-state index contributed by atoms with van der Waals surface area (Å²) in [5.74, 6) is 4.47. The highest BCUT2D eigenvalue weighted by Crippen LogP contribution is 2.24. The summed E-state index contributed by atoms with van der Waals surface area (Å²) in [5, 5.41) is 0.542. The van der Waals surface area contributed by atoms with E-state index in [0.717, 1.165) is 0 Å². The molecule has 0 atom stereocenters. The van der Waals surface area contributed by atoms with Gasteiger partial charge in [-0.25, -0.2) is 5.84 Å². The zero-order valence-electron chi connectivity index (χ0n) is 6.38. The molecule has 1 rings (SSSR count). The highest BCUT2D eigenvalue weighted by Gasteiger charge is 2.10. The Balaban J connectivity index is 0.00000144. The van der Waals surface area contributed by atoms with Crippen LogP contribution in [-0.2, 0) is 0 Å². The first-order chi connectivity index (χ1) is 5.66. The zero-order chi connectivity index (χ0) is 9.14. The lowest BCUT2D eigenvalue weighted by molar-refractivity contribution is 0.0954. The lowest BCUT2D eigenvalue weighted by Gasteiger charge is -2.02. The Hall–Kier alpha value is -0.480. The summed E-state index contributed by atoms with van der Waals surface area (Å²) in [5.41, 5.74) is 2.24. The molecular formula is C7H7Cl3N2O. The van der Waals surface area contributed by atoms with Gasteiger partial charge in [-0.3, -0.25) is 10.2 Å². The van der Waals surface area contributed by atoms with Crippen LogP contribution in [0.4, 0.5) is 0 Å². The molecule has 1 aromatic rings. The summed E-state index contributed by atoms with van der Waals surface area (Å²) in [7, 11) is 0. The van der Waals surface area contributed by atoms with E-state index in [9.17, 15) is 4.79 Å². The van der Waals surface area contributed by atoms with E-state index >= 15 is 0 Å². The molecule has 3 nitrogen and oxygen atoms in total. The molecule has 1 amide bonds. The topological polar surface area (TPSA) is 55.1 Å². The molecule has 0 fully saturated rings. The van der Waals surface area contributed by atoms with Gasteiger partial charge in [-0.2, -0.15) is 0 Å². The molecule has 13 heavy (non-hydrogen) atoms. The van der Waals surface area contributed by atoms with Crippen LogP contribution in [-0.4, -0.2) is 5.91 Å². The van der Waals surface area contributed by atoms with Gasteiger partial charge in [0.1, 0.15) is 0 Å². The van der Waals surface area contributed by atoms with Gasteiger partial charge in [-0.05, 0) is 12.1 Å². The molecule has 0 unspecified atom stereocenters. The summed E-state index contributed by atoms with van der Waals surface area (Å²) < 4.78 is 0. The number of nitrogens with one attached hydrogen (secondary N) is 1. The predicted octanol–water partition coefficient (Wildman–Crippen LogP) is 2.02. The quantitative estimate of drug-likeness (QED) is 0.449. The fourth-order valence-corrected chi connectivity index (χ4v) is 1.14.